The molecule has 8 nitrogen and oxygen atoms in total. The molecule has 1 unspecified atom stereocenters. The summed E-state index contributed by atoms with van der Waals surface area (Å²) in [5.41, 5.74) is 1.79. The first-order valence-electron chi connectivity index (χ1n) is 9.80. The largest absolute Gasteiger partial charge is 0.489 e. The van der Waals surface area contributed by atoms with Gasteiger partial charge in [-0.15, -0.1) is 5.10 Å². The average molecular weight is 433 g/mol. The van der Waals surface area contributed by atoms with E-state index in [1.807, 2.05) is 71.6 Å². The van der Waals surface area contributed by atoms with Crippen LogP contribution in [0.4, 0.5) is 5.69 Å². The zero-order chi connectivity index (χ0) is 21.0. The Morgan fingerprint density at radius 3 is 2.74 bits per heavy atom. The highest BCUT2D eigenvalue weighted by molar-refractivity contribution is 7.99. The van der Waals surface area contributed by atoms with Gasteiger partial charge in [-0.05, 0) is 40.3 Å². The molecule has 1 aliphatic heterocycles. The Balaban J connectivity index is 1.37. The Kier molecular flexibility index (Phi) is 5.40. The van der Waals surface area contributed by atoms with Crippen molar-refractivity contribution in [3.05, 3.63) is 84.3 Å². The zero-order valence-corrected chi connectivity index (χ0v) is 17.3. The summed E-state index contributed by atoms with van der Waals surface area (Å²) in [5, 5.41) is 12.4. The molecule has 1 amide bonds. The number of rotatable bonds is 6. The number of fused-ring (bicyclic) bond motifs is 1. The number of benzene rings is 2. The number of furan rings is 1. The summed E-state index contributed by atoms with van der Waals surface area (Å²) < 4.78 is 12.9. The molecular formula is C22H19N5O3S. The van der Waals surface area contributed by atoms with Gasteiger partial charge >= 0.3 is 0 Å². The lowest BCUT2D eigenvalue weighted by molar-refractivity contribution is -0.117. The first kappa shape index (κ1) is 19.4. The van der Waals surface area contributed by atoms with Crippen molar-refractivity contribution in [3.63, 3.8) is 0 Å². The number of ether oxygens (including phenoxy) is 1. The standard InChI is InChI=1S/C22H19N5O3S/c28-21(15-31-22-23-24-25-26(22)13-17-9-6-12-29-17)27-18-10-4-5-11-20(18)30-14-19(27)16-7-2-1-3-8-16/h1-12,19H,13-15H2. The summed E-state index contributed by atoms with van der Waals surface area (Å²) in [5.74, 6) is 1.60. The van der Waals surface area contributed by atoms with Crippen molar-refractivity contribution in [3.8, 4) is 5.75 Å². The summed E-state index contributed by atoms with van der Waals surface area (Å²) in [6.45, 7) is 0.803. The van der Waals surface area contributed by atoms with E-state index in [1.54, 1.807) is 10.9 Å². The highest BCUT2D eigenvalue weighted by Gasteiger charge is 2.33. The molecule has 0 spiro atoms. The van der Waals surface area contributed by atoms with Crippen LogP contribution in [0.1, 0.15) is 17.4 Å². The molecule has 2 aromatic heterocycles. The molecule has 9 heteroatoms. The van der Waals surface area contributed by atoms with Gasteiger partial charge < -0.3 is 9.15 Å². The molecule has 4 aromatic rings. The van der Waals surface area contributed by atoms with Crippen molar-refractivity contribution in [2.24, 2.45) is 0 Å². The molecule has 156 valence electrons. The SMILES string of the molecule is O=C(CSc1nnnn1Cc1ccco1)N1c2ccccc2OCC1c1ccccc1. The van der Waals surface area contributed by atoms with Crippen LogP contribution in [0.2, 0.25) is 0 Å². The lowest BCUT2D eigenvalue weighted by Gasteiger charge is -2.37. The van der Waals surface area contributed by atoms with Crippen LogP contribution < -0.4 is 9.64 Å². The van der Waals surface area contributed by atoms with Crippen LogP contribution in [0.25, 0.3) is 0 Å². The van der Waals surface area contributed by atoms with Gasteiger partial charge in [0.15, 0.2) is 0 Å². The molecule has 0 N–H and O–H groups in total. The zero-order valence-electron chi connectivity index (χ0n) is 16.5. The van der Waals surface area contributed by atoms with E-state index in [2.05, 4.69) is 15.5 Å². The van der Waals surface area contributed by atoms with E-state index in [9.17, 15) is 4.79 Å². The Bertz CT molecular complexity index is 1160. The summed E-state index contributed by atoms with van der Waals surface area (Å²) in [4.78, 5) is 15.2. The molecule has 1 aliphatic rings. The maximum atomic E-state index is 13.4. The molecule has 0 fully saturated rings. The second-order valence-corrected chi connectivity index (χ2v) is 7.90. The first-order valence-corrected chi connectivity index (χ1v) is 10.8. The third-order valence-corrected chi connectivity index (χ3v) is 5.94. The van der Waals surface area contributed by atoms with Crippen LogP contribution >= 0.6 is 11.8 Å². The van der Waals surface area contributed by atoms with E-state index in [0.717, 1.165) is 17.0 Å². The maximum Gasteiger partial charge on any atom is 0.238 e. The number of nitrogens with zero attached hydrogens (tertiary/aromatic N) is 5. The normalized spacial score (nSPS) is 15.4. The smallest absolute Gasteiger partial charge is 0.238 e. The molecule has 0 saturated carbocycles. The lowest BCUT2D eigenvalue weighted by atomic mass is 10.0. The average Bonchev–Trinajstić information content (AvgIpc) is 3.50. The van der Waals surface area contributed by atoms with E-state index in [4.69, 9.17) is 9.15 Å². The molecule has 1 atom stereocenters. The van der Waals surface area contributed by atoms with Crippen LogP contribution in [0, 0.1) is 0 Å². The van der Waals surface area contributed by atoms with Crippen LogP contribution in [0.15, 0.2) is 82.6 Å². The number of carbonyl (C=O) groups is 1. The number of para-hydroxylation sites is 2. The summed E-state index contributed by atoms with van der Waals surface area (Å²) in [6, 6.07) is 21.0. The van der Waals surface area contributed by atoms with Gasteiger partial charge in [0.05, 0.1) is 23.7 Å². The Hall–Kier alpha value is -3.59. The van der Waals surface area contributed by atoms with Crippen molar-refractivity contribution in [1.82, 2.24) is 20.2 Å². The van der Waals surface area contributed by atoms with E-state index < -0.39 is 0 Å². The molecule has 0 aliphatic carbocycles. The molecule has 0 bridgehead atoms. The second kappa shape index (κ2) is 8.65. The third-order valence-electron chi connectivity index (χ3n) is 5.00. The minimum Gasteiger partial charge on any atom is -0.489 e. The fourth-order valence-corrected chi connectivity index (χ4v) is 4.30. The molecule has 5 rings (SSSR count). The van der Waals surface area contributed by atoms with Crippen LogP contribution in [0.5, 0.6) is 5.75 Å². The maximum absolute atomic E-state index is 13.4. The minimum absolute atomic E-state index is 0.0397. The van der Waals surface area contributed by atoms with Gasteiger partial charge in [-0.25, -0.2) is 4.68 Å². The van der Waals surface area contributed by atoms with E-state index in [0.29, 0.717) is 24.1 Å². The van der Waals surface area contributed by atoms with Crippen molar-refractivity contribution in [2.75, 3.05) is 17.3 Å². The highest BCUT2D eigenvalue weighted by Crippen LogP contribution is 2.39. The predicted octanol–water partition coefficient (Wildman–Crippen LogP) is 3.57. The van der Waals surface area contributed by atoms with Crippen molar-refractivity contribution < 1.29 is 13.9 Å². The minimum atomic E-state index is -0.205. The molecule has 31 heavy (non-hydrogen) atoms. The predicted molar refractivity (Wildman–Crippen MR) is 115 cm³/mol. The fourth-order valence-electron chi connectivity index (χ4n) is 3.56. The molecule has 3 heterocycles. The number of anilines is 1. The summed E-state index contributed by atoms with van der Waals surface area (Å²) in [6.07, 6.45) is 1.61. The summed E-state index contributed by atoms with van der Waals surface area (Å²) in [7, 11) is 0. The Labute approximate surface area is 182 Å². The topological polar surface area (TPSA) is 86.3 Å². The van der Waals surface area contributed by atoms with Crippen molar-refractivity contribution >= 4 is 23.4 Å². The number of aromatic nitrogens is 4. The Morgan fingerprint density at radius 1 is 1.06 bits per heavy atom. The van der Waals surface area contributed by atoms with Gasteiger partial charge in [-0.3, -0.25) is 9.69 Å². The van der Waals surface area contributed by atoms with Crippen LogP contribution in [-0.2, 0) is 11.3 Å². The fraction of sp³-hybridized carbons (Fsp3) is 0.182. The lowest BCUT2D eigenvalue weighted by Crippen LogP contribution is -2.42. The number of hydrogen-bond acceptors (Lipinski definition) is 7. The highest BCUT2D eigenvalue weighted by atomic mass is 32.2. The van der Waals surface area contributed by atoms with Gasteiger partial charge in [-0.1, -0.05) is 54.2 Å². The molecular weight excluding hydrogens is 414 g/mol. The quantitative estimate of drug-likeness (QED) is 0.430. The number of amides is 1. The van der Waals surface area contributed by atoms with E-state index >= 15 is 0 Å². The number of carbonyl (C=O) groups excluding carboxylic acids is 1. The monoisotopic (exact) mass is 433 g/mol. The van der Waals surface area contributed by atoms with E-state index in [1.165, 1.54) is 11.8 Å². The van der Waals surface area contributed by atoms with Gasteiger partial charge in [0.25, 0.3) is 0 Å². The molecule has 0 radical (unpaired) electrons. The van der Waals surface area contributed by atoms with Crippen LogP contribution in [-0.4, -0.2) is 38.5 Å². The first-order chi connectivity index (χ1) is 15.3. The number of thioether (sulfide) groups is 1. The molecule has 0 saturated heterocycles. The van der Waals surface area contributed by atoms with Crippen molar-refractivity contribution in [2.45, 2.75) is 17.7 Å². The second-order valence-electron chi connectivity index (χ2n) is 6.96. The van der Waals surface area contributed by atoms with E-state index in [-0.39, 0.29) is 17.7 Å². The number of hydrogen-bond donors (Lipinski definition) is 0. The number of tetrazole rings is 1. The van der Waals surface area contributed by atoms with Crippen molar-refractivity contribution in [1.29, 1.82) is 0 Å². The van der Waals surface area contributed by atoms with Gasteiger partial charge in [0.1, 0.15) is 24.7 Å². The van der Waals surface area contributed by atoms with Crippen LogP contribution in [0.3, 0.4) is 0 Å². The van der Waals surface area contributed by atoms with Gasteiger partial charge in [0, 0.05) is 0 Å². The molecule has 2 aromatic carbocycles. The van der Waals surface area contributed by atoms with Gasteiger partial charge in [-0.2, -0.15) is 0 Å². The third kappa shape index (κ3) is 4.04. The van der Waals surface area contributed by atoms with Gasteiger partial charge in [0.2, 0.25) is 11.1 Å². The summed E-state index contributed by atoms with van der Waals surface area (Å²) >= 11 is 1.30. The Morgan fingerprint density at radius 2 is 1.90 bits per heavy atom.